The zero-order chi connectivity index (χ0) is 11.2. The third kappa shape index (κ3) is 1.40. The molecule has 0 bridgehead atoms. The quantitative estimate of drug-likeness (QED) is 0.750. The van der Waals surface area contributed by atoms with E-state index >= 15 is 0 Å². The molecule has 0 radical (unpaired) electrons. The lowest BCUT2D eigenvalue weighted by Gasteiger charge is -2.09. The monoisotopic (exact) mass is 209 g/mol. The van der Waals surface area contributed by atoms with Gasteiger partial charge in [0.15, 0.2) is 0 Å². The highest BCUT2D eigenvalue weighted by atomic mass is 16.4. The first-order chi connectivity index (χ1) is 7.00. The molecule has 0 saturated heterocycles. The Morgan fingerprint density at radius 3 is 2.60 bits per heavy atom. The van der Waals surface area contributed by atoms with Gasteiger partial charge in [-0.15, -0.1) is 0 Å². The largest absolute Gasteiger partial charge is 0.481 e. The molecule has 0 amide bonds. The van der Waals surface area contributed by atoms with Crippen LogP contribution < -0.4 is 0 Å². The topological polar surface area (TPSA) is 79.5 Å². The van der Waals surface area contributed by atoms with Gasteiger partial charge in [0.05, 0.1) is 5.92 Å². The van der Waals surface area contributed by atoms with E-state index in [-0.39, 0.29) is 6.54 Å². The molecule has 15 heavy (non-hydrogen) atoms. The molecular weight excluding hydrogens is 198 g/mol. The minimum Gasteiger partial charge on any atom is -0.481 e. The summed E-state index contributed by atoms with van der Waals surface area (Å²) in [6, 6.07) is 1.74. The van der Waals surface area contributed by atoms with Gasteiger partial charge in [0, 0.05) is 18.4 Å². The maximum atomic E-state index is 11.0. The second-order valence-electron chi connectivity index (χ2n) is 3.86. The van der Waals surface area contributed by atoms with Gasteiger partial charge in [0.25, 0.3) is 0 Å². The fourth-order valence-corrected chi connectivity index (χ4v) is 2.14. The molecule has 2 unspecified atom stereocenters. The van der Waals surface area contributed by atoms with Gasteiger partial charge >= 0.3 is 11.9 Å². The van der Waals surface area contributed by atoms with Crippen LogP contribution in [0, 0.1) is 12.8 Å². The fourth-order valence-electron chi connectivity index (χ4n) is 2.14. The number of hydrogen-bond acceptors (Lipinski definition) is 2. The van der Waals surface area contributed by atoms with Gasteiger partial charge in [-0.25, -0.2) is 0 Å². The van der Waals surface area contributed by atoms with E-state index in [0.717, 1.165) is 5.56 Å². The molecule has 0 fully saturated rings. The van der Waals surface area contributed by atoms with Gasteiger partial charge in [-0.2, -0.15) is 0 Å². The lowest BCUT2D eigenvalue weighted by molar-refractivity contribution is -0.149. The standard InChI is InChI=1S/C10H11NO4/c1-5-2-7-8(10(14)15)6(9(12)13)4-11(7)3-5/h2-3,6,8H,4H2,1H3,(H,12,13)(H,14,15). The van der Waals surface area contributed by atoms with E-state index in [1.165, 1.54) is 0 Å². The summed E-state index contributed by atoms with van der Waals surface area (Å²) < 4.78 is 1.72. The van der Waals surface area contributed by atoms with Crippen molar-refractivity contribution in [1.82, 2.24) is 4.57 Å². The van der Waals surface area contributed by atoms with Crippen LogP contribution in [0.3, 0.4) is 0 Å². The van der Waals surface area contributed by atoms with E-state index in [0.29, 0.717) is 5.69 Å². The maximum absolute atomic E-state index is 11.0. The van der Waals surface area contributed by atoms with Gasteiger partial charge in [0.1, 0.15) is 5.92 Å². The Bertz CT molecular complexity index is 435. The number of carbonyl (C=O) groups is 2. The second kappa shape index (κ2) is 3.12. The number of hydrogen-bond donors (Lipinski definition) is 2. The number of aromatic nitrogens is 1. The number of carboxylic acids is 2. The molecular formula is C10H11NO4. The summed E-state index contributed by atoms with van der Waals surface area (Å²) in [4.78, 5) is 21.9. The maximum Gasteiger partial charge on any atom is 0.313 e. The van der Waals surface area contributed by atoms with Crippen molar-refractivity contribution in [3.63, 3.8) is 0 Å². The van der Waals surface area contributed by atoms with Crippen LogP contribution in [0.25, 0.3) is 0 Å². The van der Waals surface area contributed by atoms with Gasteiger partial charge < -0.3 is 14.8 Å². The van der Waals surface area contributed by atoms with Crippen molar-refractivity contribution in [2.24, 2.45) is 5.92 Å². The van der Waals surface area contributed by atoms with E-state index in [9.17, 15) is 9.59 Å². The normalized spacial score (nSPS) is 23.8. The van der Waals surface area contributed by atoms with Crippen molar-refractivity contribution in [2.45, 2.75) is 19.4 Å². The first-order valence-corrected chi connectivity index (χ1v) is 4.63. The molecule has 1 aromatic rings. The number of fused-ring (bicyclic) bond motifs is 1. The molecule has 2 N–H and O–H groups in total. The summed E-state index contributed by atoms with van der Waals surface area (Å²) in [6.07, 6.45) is 1.79. The first-order valence-electron chi connectivity index (χ1n) is 4.63. The molecule has 1 aliphatic rings. The highest BCUT2D eigenvalue weighted by Crippen LogP contribution is 2.35. The highest BCUT2D eigenvalue weighted by Gasteiger charge is 2.42. The van der Waals surface area contributed by atoms with E-state index in [4.69, 9.17) is 10.2 Å². The zero-order valence-electron chi connectivity index (χ0n) is 8.17. The second-order valence-corrected chi connectivity index (χ2v) is 3.86. The van der Waals surface area contributed by atoms with Crippen molar-refractivity contribution < 1.29 is 19.8 Å². The number of rotatable bonds is 2. The zero-order valence-corrected chi connectivity index (χ0v) is 8.17. The molecule has 2 atom stereocenters. The summed E-state index contributed by atoms with van der Waals surface area (Å²) >= 11 is 0. The highest BCUT2D eigenvalue weighted by molar-refractivity contribution is 5.85. The molecule has 2 rings (SSSR count). The summed E-state index contributed by atoms with van der Waals surface area (Å²) in [7, 11) is 0. The number of aryl methyl sites for hydroxylation is 1. The van der Waals surface area contributed by atoms with Gasteiger partial charge in [-0.1, -0.05) is 0 Å². The van der Waals surface area contributed by atoms with Gasteiger partial charge in [-0.3, -0.25) is 9.59 Å². The Hall–Kier alpha value is -1.78. The molecule has 5 heteroatoms. The summed E-state index contributed by atoms with van der Waals surface area (Å²) in [5.41, 5.74) is 1.55. The molecule has 5 nitrogen and oxygen atoms in total. The lowest BCUT2D eigenvalue weighted by Crippen LogP contribution is -2.24. The van der Waals surface area contributed by atoms with Gasteiger partial charge in [-0.05, 0) is 18.6 Å². The minimum absolute atomic E-state index is 0.246. The number of nitrogens with zero attached hydrogens (tertiary/aromatic N) is 1. The van der Waals surface area contributed by atoms with E-state index < -0.39 is 23.8 Å². The molecule has 1 aliphatic heterocycles. The van der Waals surface area contributed by atoms with E-state index in [2.05, 4.69) is 0 Å². The average Bonchev–Trinajstić information content (AvgIpc) is 2.58. The number of aliphatic carboxylic acids is 2. The fraction of sp³-hybridized carbons (Fsp3) is 0.400. The minimum atomic E-state index is -1.07. The molecule has 2 heterocycles. The Morgan fingerprint density at radius 1 is 1.40 bits per heavy atom. The van der Waals surface area contributed by atoms with E-state index in [1.807, 2.05) is 6.92 Å². The SMILES string of the molecule is Cc1cc2n(c1)CC(C(=O)O)C2C(=O)O. The molecule has 0 aromatic carbocycles. The smallest absolute Gasteiger partial charge is 0.313 e. The van der Waals surface area contributed by atoms with Crippen LogP contribution in [0.5, 0.6) is 0 Å². The average molecular weight is 209 g/mol. The van der Waals surface area contributed by atoms with Crippen LogP contribution in [0.1, 0.15) is 17.2 Å². The Balaban J connectivity index is 2.44. The molecule has 0 aliphatic carbocycles. The molecule has 1 aromatic heterocycles. The van der Waals surface area contributed by atoms with Crippen molar-refractivity contribution in [1.29, 1.82) is 0 Å². The summed E-state index contributed by atoms with van der Waals surface area (Å²) in [6.45, 7) is 2.11. The van der Waals surface area contributed by atoms with Crippen molar-refractivity contribution in [2.75, 3.05) is 0 Å². The van der Waals surface area contributed by atoms with Crippen LogP contribution in [0.2, 0.25) is 0 Å². The number of carboxylic acid groups (broad SMARTS) is 2. The van der Waals surface area contributed by atoms with Crippen LogP contribution in [-0.2, 0) is 16.1 Å². The van der Waals surface area contributed by atoms with Crippen molar-refractivity contribution >= 4 is 11.9 Å². The van der Waals surface area contributed by atoms with Crippen molar-refractivity contribution in [3.8, 4) is 0 Å². The predicted molar refractivity (Wildman–Crippen MR) is 50.7 cm³/mol. The summed E-state index contributed by atoms with van der Waals surface area (Å²) in [5, 5.41) is 17.9. The molecule has 0 saturated carbocycles. The van der Waals surface area contributed by atoms with E-state index in [1.54, 1.807) is 16.8 Å². The predicted octanol–water partition coefficient (Wildman–Crippen LogP) is 0.679. The van der Waals surface area contributed by atoms with Crippen LogP contribution in [0.4, 0.5) is 0 Å². The Morgan fingerprint density at radius 2 is 2.07 bits per heavy atom. The van der Waals surface area contributed by atoms with Crippen LogP contribution >= 0.6 is 0 Å². The van der Waals surface area contributed by atoms with Crippen LogP contribution in [-0.4, -0.2) is 26.7 Å². The lowest BCUT2D eigenvalue weighted by atomic mass is 9.93. The summed E-state index contributed by atoms with van der Waals surface area (Å²) in [5.74, 6) is -3.89. The molecule has 0 spiro atoms. The van der Waals surface area contributed by atoms with Gasteiger partial charge in [0.2, 0.25) is 0 Å². The molecule has 80 valence electrons. The third-order valence-corrected chi connectivity index (χ3v) is 2.76. The Labute approximate surface area is 85.9 Å². The van der Waals surface area contributed by atoms with Crippen molar-refractivity contribution in [3.05, 3.63) is 23.5 Å². The third-order valence-electron chi connectivity index (χ3n) is 2.76. The first kappa shape index (κ1) is 9.76. The van der Waals surface area contributed by atoms with Crippen LogP contribution in [0.15, 0.2) is 12.3 Å². The Kier molecular flexibility index (Phi) is 2.03.